The Morgan fingerprint density at radius 3 is 2.52 bits per heavy atom. The Morgan fingerprint density at radius 2 is 1.83 bits per heavy atom. The Hall–Kier alpha value is -2.95. The second-order valence-corrected chi connectivity index (χ2v) is 9.00. The van der Waals surface area contributed by atoms with Crippen LogP contribution in [0.1, 0.15) is 5.56 Å². The molecule has 0 unspecified atom stereocenters. The number of hydrogen-bond donors (Lipinski definition) is 2. The van der Waals surface area contributed by atoms with Gasteiger partial charge >= 0.3 is 20.7 Å². The zero-order valence-corrected chi connectivity index (χ0v) is 17.3. The number of thiazole rings is 1. The molecule has 0 aliphatic carbocycles. The molecule has 0 atom stereocenters. The van der Waals surface area contributed by atoms with Gasteiger partial charge in [-0.2, -0.15) is 8.42 Å². The number of nitrogens with one attached hydrogen (secondary N) is 2. The van der Waals surface area contributed by atoms with Gasteiger partial charge in [0.2, 0.25) is 5.69 Å². The Kier molecular flexibility index (Phi) is 4.99. The van der Waals surface area contributed by atoms with Gasteiger partial charge in [-0.1, -0.05) is 41.4 Å². The van der Waals surface area contributed by atoms with E-state index in [9.17, 15) is 13.2 Å². The first-order valence-corrected chi connectivity index (χ1v) is 11.0. The number of aromatic nitrogens is 3. The molecule has 148 valence electrons. The number of hydrogen-bond acceptors (Lipinski definition) is 6. The van der Waals surface area contributed by atoms with E-state index < -0.39 is 20.7 Å². The highest BCUT2D eigenvalue weighted by Gasteiger charge is 2.37. The van der Waals surface area contributed by atoms with Crippen molar-refractivity contribution < 1.29 is 17.6 Å². The molecule has 29 heavy (non-hydrogen) atoms. The Bertz CT molecular complexity index is 1320. The largest absolute Gasteiger partial charge is 0.449 e. The van der Waals surface area contributed by atoms with E-state index in [-0.39, 0.29) is 5.13 Å². The molecule has 0 aliphatic heterocycles. The number of sulfonamides is 1. The highest BCUT2D eigenvalue weighted by Crippen LogP contribution is 2.26. The van der Waals surface area contributed by atoms with Gasteiger partial charge in [0.25, 0.3) is 0 Å². The number of aromatic amines is 1. The van der Waals surface area contributed by atoms with Crippen LogP contribution in [0.4, 0.5) is 5.13 Å². The molecule has 0 fully saturated rings. The first kappa shape index (κ1) is 19.4. The molecule has 4 rings (SSSR count). The summed E-state index contributed by atoms with van der Waals surface area (Å²) in [4.78, 5) is 16.4. The molecule has 2 aromatic carbocycles. The van der Waals surface area contributed by atoms with E-state index in [2.05, 4.69) is 15.0 Å². The summed E-state index contributed by atoms with van der Waals surface area (Å²) in [5, 5.41) is 4.01. The lowest BCUT2D eigenvalue weighted by Crippen LogP contribution is -2.42. The van der Waals surface area contributed by atoms with Crippen molar-refractivity contribution in [1.29, 1.82) is 0 Å². The van der Waals surface area contributed by atoms with Crippen LogP contribution in [0, 0.1) is 6.92 Å². The number of benzene rings is 2. The molecule has 2 heterocycles. The molecule has 0 amide bonds. The summed E-state index contributed by atoms with van der Waals surface area (Å²) in [7, 11) is -4.27. The van der Waals surface area contributed by atoms with Crippen molar-refractivity contribution in [3.05, 3.63) is 74.9 Å². The summed E-state index contributed by atoms with van der Waals surface area (Å²) in [6, 6.07) is 13.9. The zero-order valence-electron chi connectivity index (χ0n) is 14.9. The molecule has 0 bridgehead atoms. The second-order valence-electron chi connectivity index (χ2n) is 6.11. The molecule has 8 nitrogen and oxygen atoms in total. The Balaban J connectivity index is 1.67. The number of rotatable bonds is 5. The molecule has 2 aromatic heterocycles. The summed E-state index contributed by atoms with van der Waals surface area (Å²) < 4.78 is 33.8. The van der Waals surface area contributed by atoms with Gasteiger partial charge in [0.1, 0.15) is 0 Å². The third-order valence-electron chi connectivity index (χ3n) is 4.02. The van der Waals surface area contributed by atoms with Crippen molar-refractivity contribution in [2.45, 2.75) is 11.9 Å². The standard InChI is InChI=1S/C18H13ClN4O4S2/c1-11-2-4-12(5-3-11)15-10-28-18(20-15)21-29(25,26)16-17(24)27-22-23(16)14-8-6-13(19)7-9-14/h2-10H,1H3,(H-,20,21,22,24)/p+1. The number of halogens is 1. The van der Waals surface area contributed by atoms with Crippen molar-refractivity contribution >= 4 is 38.1 Å². The first-order chi connectivity index (χ1) is 13.8. The molecule has 0 spiro atoms. The van der Waals surface area contributed by atoms with Gasteiger partial charge in [-0.15, -0.1) is 11.3 Å². The van der Waals surface area contributed by atoms with E-state index >= 15 is 0 Å². The highest BCUT2D eigenvalue weighted by atomic mass is 35.5. The van der Waals surface area contributed by atoms with E-state index in [1.807, 2.05) is 31.2 Å². The van der Waals surface area contributed by atoms with Crippen LogP contribution in [0.5, 0.6) is 0 Å². The molecular weight excluding hydrogens is 436 g/mol. The van der Waals surface area contributed by atoms with Crippen LogP contribution >= 0.6 is 22.9 Å². The van der Waals surface area contributed by atoms with Crippen LogP contribution < -0.4 is 15.0 Å². The minimum atomic E-state index is -4.27. The number of anilines is 1. The third-order valence-corrected chi connectivity index (χ3v) is 6.48. The van der Waals surface area contributed by atoms with Crippen LogP contribution in [0.3, 0.4) is 0 Å². The van der Waals surface area contributed by atoms with Gasteiger partial charge in [0.15, 0.2) is 5.13 Å². The predicted octanol–water partition coefficient (Wildman–Crippen LogP) is 3.13. The van der Waals surface area contributed by atoms with E-state index in [1.54, 1.807) is 29.6 Å². The van der Waals surface area contributed by atoms with Gasteiger partial charge in [0, 0.05) is 28.1 Å². The summed E-state index contributed by atoms with van der Waals surface area (Å²) in [6.45, 7) is 1.97. The summed E-state index contributed by atoms with van der Waals surface area (Å²) in [5.41, 5.74) is 1.91. The quantitative estimate of drug-likeness (QED) is 0.455. The molecule has 0 saturated heterocycles. The lowest BCUT2D eigenvalue weighted by Gasteiger charge is -2.00. The molecule has 11 heteroatoms. The van der Waals surface area contributed by atoms with Crippen LogP contribution in [-0.2, 0) is 10.0 Å². The van der Waals surface area contributed by atoms with Crippen LogP contribution in [-0.4, -0.2) is 18.7 Å². The SMILES string of the molecule is Cc1ccc(-c2csc(NS(=O)(=O)c3c(=O)o[nH][n+]3-c3ccc(Cl)cc3)n2)cc1. The summed E-state index contributed by atoms with van der Waals surface area (Å²) in [6.07, 6.45) is 0. The average Bonchev–Trinajstić information content (AvgIpc) is 3.29. The van der Waals surface area contributed by atoms with Crippen molar-refractivity contribution in [3.8, 4) is 16.9 Å². The number of nitrogens with zero attached hydrogens (tertiary/aromatic N) is 2. The average molecular weight is 450 g/mol. The number of aryl methyl sites for hydroxylation is 1. The Labute approximate surface area is 174 Å². The molecule has 0 aliphatic rings. The fourth-order valence-electron chi connectivity index (χ4n) is 2.59. The fraction of sp³-hybridized carbons (Fsp3) is 0.0556. The maximum Gasteiger partial charge on any atom is 0.449 e. The minimum Gasteiger partial charge on any atom is -0.281 e. The first-order valence-electron chi connectivity index (χ1n) is 8.28. The van der Waals surface area contributed by atoms with Gasteiger partial charge in [-0.3, -0.25) is 4.52 Å². The van der Waals surface area contributed by atoms with Crippen LogP contribution in [0.2, 0.25) is 5.02 Å². The third kappa shape index (κ3) is 3.95. The van der Waals surface area contributed by atoms with Crippen molar-refractivity contribution in [3.63, 3.8) is 0 Å². The van der Waals surface area contributed by atoms with Crippen molar-refractivity contribution in [2.75, 3.05) is 4.72 Å². The Morgan fingerprint density at radius 1 is 1.14 bits per heavy atom. The molecule has 0 saturated carbocycles. The van der Waals surface area contributed by atoms with Crippen LogP contribution in [0.25, 0.3) is 16.9 Å². The minimum absolute atomic E-state index is 0.129. The molecule has 2 N–H and O–H groups in total. The molecular formula is C18H14ClN4O4S2+. The predicted molar refractivity (Wildman–Crippen MR) is 109 cm³/mol. The van der Waals surface area contributed by atoms with Gasteiger partial charge in [-0.05, 0) is 29.0 Å². The smallest absolute Gasteiger partial charge is 0.281 e. The van der Waals surface area contributed by atoms with E-state index in [4.69, 9.17) is 16.1 Å². The maximum atomic E-state index is 12.9. The van der Waals surface area contributed by atoms with E-state index in [0.29, 0.717) is 16.4 Å². The summed E-state index contributed by atoms with van der Waals surface area (Å²) >= 11 is 6.97. The lowest BCUT2D eigenvalue weighted by atomic mass is 10.1. The highest BCUT2D eigenvalue weighted by molar-refractivity contribution is 7.92. The molecule has 0 radical (unpaired) electrons. The van der Waals surface area contributed by atoms with Crippen molar-refractivity contribution in [1.82, 2.24) is 10.3 Å². The zero-order chi connectivity index (χ0) is 20.6. The molecule has 4 aromatic rings. The maximum absolute atomic E-state index is 12.9. The van der Waals surface area contributed by atoms with Crippen molar-refractivity contribution in [2.24, 2.45) is 0 Å². The van der Waals surface area contributed by atoms with E-state index in [1.165, 1.54) is 0 Å². The van der Waals surface area contributed by atoms with Gasteiger partial charge < -0.3 is 0 Å². The lowest BCUT2D eigenvalue weighted by molar-refractivity contribution is -0.705. The monoisotopic (exact) mass is 449 g/mol. The van der Waals surface area contributed by atoms with Gasteiger partial charge in [0.05, 0.1) is 5.69 Å². The van der Waals surface area contributed by atoms with Gasteiger partial charge in [-0.25, -0.2) is 14.5 Å². The van der Waals surface area contributed by atoms with E-state index in [0.717, 1.165) is 27.1 Å². The summed E-state index contributed by atoms with van der Waals surface area (Å²) in [5.74, 6) is 0. The normalized spacial score (nSPS) is 11.5. The topological polar surface area (TPSA) is 109 Å². The second kappa shape index (κ2) is 7.47. The van der Waals surface area contributed by atoms with Crippen LogP contribution in [0.15, 0.2) is 68.3 Å². The fourth-order valence-corrected chi connectivity index (χ4v) is 4.82. The number of H-pyrrole nitrogens is 1.